The summed E-state index contributed by atoms with van der Waals surface area (Å²) in [6.45, 7) is 0.533. The third kappa shape index (κ3) is 3.01. The average molecular weight is 371 g/mol. The van der Waals surface area contributed by atoms with E-state index in [9.17, 15) is 14.0 Å². The third-order valence-electron chi connectivity index (χ3n) is 4.04. The quantitative estimate of drug-likeness (QED) is 0.390. The Kier molecular flexibility index (Phi) is 4.30. The van der Waals surface area contributed by atoms with Gasteiger partial charge in [-0.1, -0.05) is 18.2 Å². The number of hydrogen-bond acceptors (Lipinski definition) is 5. The molecule has 0 unspecified atom stereocenters. The van der Waals surface area contributed by atoms with Gasteiger partial charge in [0.25, 0.3) is 0 Å². The fourth-order valence-corrected chi connectivity index (χ4v) is 3.78. The first-order valence-corrected chi connectivity index (χ1v) is 8.89. The fourth-order valence-electron chi connectivity index (χ4n) is 2.81. The molecule has 0 spiro atoms. The van der Waals surface area contributed by atoms with E-state index in [1.54, 1.807) is 30.3 Å². The highest BCUT2D eigenvalue weighted by molar-refractivity contribution is 7.20. The zero-order valence-corrected chi connectivity index (χ0v) is 14.4. The van der Waals surface area contributed by atoms with Gasteiger partial charge in [0.1, 0.15) is 10.7 Å². The summed E-state index contributed by atoms with van der Waals surface area (Å²) in [6.07, 6.45) is 0.467. The molecule has 5 nitrogen and oxygen atoms in total. The molecule has 0 amide bonds. The van der Waals surface area contributed by atoms with Gasteiger partial charge in [-0.2, -0.15) is 0 Å². The molecule has 7 heteroatoms. The number of ether oxygens (including phenoxy) is 1. The van der Waals surface area contributed by atoms with Gasteiger partial charge < -0.3 is 9.15 Å². The molecule has 0 bridgehead atoms. The van der Waals surface area contributed by atoms with Crippen LogP contribution in [0.3, 0.4) is 0 Å². The topological polar surface area (TPSA) is 61.4 Å². The molecular weight excluding hydrogens is 357 g/mol. The van der Waals surface area contributed by atoms with Gasteiger partial charge in [-0.05, 0) is 36.8 Å². The first-order valence-electron chi connectivity index (χ1n) is 8.07. The van der Waals surface area contributed by atoms with Crippen molar-refractivity contribution >= 4 is 38.5 Å². The first-order chi connectivity index (χ1) is 12.6. The number of rotatable bonds is 5. The van der Waals surface area contributed by atoms with Gasteiger partial charge in [0.2, 0.25) is 0 Å². The highest BCUT2D eigenvalue weighted by Crippen LogP contribution is 2.28. The summed E-state index contributed by atoms with van der Waals surface area (Å²) in [7, 11) is 0. The largest absolute Gasteiger partial charge is 0.461 e. The Morgan fingerprint density at radius 1 is 1.19 bits per heavy atom. The molecule has 0 atom stereocenters. The minimum absolute atomic E-state index is 0.154. The number of aryl methyl sites for hydroxylation is 1. The predicted molar refractivity (Wildman–Crippen MR) is 97.2 cm³/mol. The van der Waals surface area contributed by atoms with Crippen molar-refractivity contribution in [2.45, 2.75) is 13.0 Å². The molecule has 0 radical (unpaired) electrons. The van der Waals surface area contributed by atoms with Crippen LogP contribution in [0, 0.1) is 5.82 Å². The predicted octanol–water partition coefficient (Wildman–Crippen LogP) is 4.20. The van der Waals surface area contributed by atoms with Gasteiger partial charge in [0.05, 0.1) is 12.1 Å². The average Bonchev–Trinajstić information content (AvgIpc) is 3.20. The van der Waals surface area contributed by atoms with Gasteiger partial charge >= 0.3 is 11.7 Å². The zero-order valence-electron chi connectivity index (χ0n) is 13.6. The summed E-state index contributed by atoms with van der Waals surface area (Å²) in [6, 6.07) is 13.4. The van der Waals surface area contributed by atoms with E-state index in [1.807, 2.05) is 6.07 Å². The normalized spacial score (nSPS) is 11.3. The third-order valence-corrected chi connectivity index (χ3v) is 5.12. The van der Waals surface area contributed by atoms with Gasteiger partial charge in [0.15, 0.2) is 5.58 Å². The van der Waals surface area contributed by atoms with Crippen molar-refractivity contribution < 1.29 is 18.3 Å². The van der Waals surface area contributed by atoms with Gasteiger partial charge in [-0.25, -0.2) is 14.0 Å². The van der Waals surface area contributed by atoms with Crippen molar-refractivity contribution in [2.24, 2.45) is 0 Å². The molecule has 26 heavy (non-hydrogen) atoms. The summed E-state index contributed by atoms with van der Waals surface area (Å²) >= 11 is 1.19. The molecule has 132 valence electrons. The van der Waals surface area contributed by atoms with Crippen molar-refractivity contribution in [3.8, 4) is 0 Å². The summed E-state index contributed by atoms with van der Waals surface area (Å²) < 4.78 is 26.3. The van der Waals surface area contributed by atoms with Crippen LogP contribution in [0.2, 0.25) is 0 Å². The molecule has 4 rings (SSSR count). The van der Waals surface area contributed by atoms with Crippen LogP contribution >= 0.6 is 11.3 Å². The van der Waals surface area contributed by atoms with Gasteiger partial charge in [0, 0.05) is 16.6 Å². The molecule has 0 saturated heterocycles. The van der Waals surface area contributed by atoms with Crippen molar-refractivity contribution in [1.29, 1.82) is 0 Å². The molecule has 2 aromatic carbocycles. The van der Waals surface area contributed by atoms with Crippen LogP contribution in [0.25, 0.3) is 21.2 Å². The molecule has 0 saturated carbocycles. The molecule has 0 aliphatic carbocycles. The van der Waals surface area contributed by atoms with Crippen LogP contribution in [0.1, 0.15) is 16.1 Å². The van der Waals surface area contributed by atoms with Gasteiger partial charge in [-0.15, -0.1) is 11.3 Å². The number of halogens is 1. The van der Waals surface area contributed by atoms with Crippen molar-refractivity contribution in [1.82, 2.24) is 4.57 Å². The molecule has 0 N–H and O–H groups in total. The van der Waals surface area contributed by atoms with E-state index in [-0.39, 0.29) is 12.4 Å². The Bertz CT molecular complexity index is 1160. The van der Waals surface area contributed by atoms with E-state index in [0.717, 1.165) is 0 Å². The Balaban J connectivity index is 1.39. The van der Waals surface area contributed by atoms with Crippen LogP contribution < -0.4 is 5.76 Å². The second kappa shape index (κ2) is 6.76. The number of hydrogen-bond donors (Lipinski definition) is 0. The number of esters is 1. The maximum absolute atomic E-state index is 13.7. The fraction of sp³-hybridized carbons (Fsp3) is 0.158. The maximum Gasteiger partial charge on any atom is 0.419 e. The highest BCUT2D eigenvalue weighted by Gasteiger charge is 2.14. The van der Waals surface area contributed by atoms with E-state index < -0.39 is 11.7 Å². The highest BCUT2D eigenvalue weighted by atomic mass is 32.1. The minimum atomic E-state index is -0.491. The van der Waals surface area contributed by atoms with Crippen LogP contribution in [0.4, 0.5) is 4.39 Å². The van der Waals surface area contributed by atoms with Gasteiger partial charge in [-0.3, -0.25) is 4.57 Å². The smallest absolute Gasteiger partial charge is 0.419 e. The molecule has 0 aliphatic heterocycles. The molecule has 4 aromatic rings. The number of nitrogens with zero attached hydrogens (tertiary/aromatic N) is 1. The number of carbonyl (C=O) groups is 1. The molecule has 0 fully saturated rings. The summed E-state index contributed by atoms with van der Waals surface area (Å²) in [5, 5.41) is 0.417. The molecule has 2 heterocycles. The van der Waals surface area contributed by atoms with Crippen LogP contribution in [0.5, 0.6) is 0 Å². The first kappa shape index (κ1) is 16.5. The number of carbonyl (C=O) groups excluding carboxylic acids is 1. The zero-order chi connectivity index (χ0) is 18.1. The standard InChI is InChI=1S/C19H14FNO4S/c20-13-5-3-8-16-12(13)11-17(26-16)18(22)24-10-4-9-21-14-6-1-2-7-15(14)25-19(21)23/h1-3,5-8,11H,4,9-10H2. The van der Waals surface area contributed by atoms with Crippen molar-refractivity contribution in [3.05, 3.63) is 69.8 Å². The van der Waals surface area contributed by atoms with Crippen LogP contribution in [-0.4, -0.2) is 17.1 Å². The van der Waals surface area contributed by atoms with E-state index in [4.69, 9.17) is 9.15 Å². The molecule has 0 aliphatic rings. The van der Waals surface area contributed by atoms with E-state index in [1.165, 1.54) is 28.0 Å². The summed E-state index contributed by atoms with van der Waals surface area (Å²) in [5.41, 5.74) is 1.24. The number of fused-ring (bicyclic) bond motifs is 2. The second-order valence-corrected chi connectivity index (χ2v) is 6.82. The lowest BCUT2D eigenvalue weighted by Gasteiger charge is -2.04. The second-order valence-electron chi connectivity index (χ2n) is 5.74. The van der Waals surface area contributed by atoms with Crippen LogP contribution in [-0.2, 0) is 11.3 Å². The molecular formula is C19H14FNO4S. The lowest BCUT2D eigenvalue weighted by Crippen LogP contribution is -2.16. The summed E-state index contributed by atoms with van der Waals surface area (Å²) in [5.74, 6) is -1.28. The van der Waals surface area contributed by atoms with Crippen LogP contribution in [0.15, 0.2) is 57.7 Å². The summed E-state index contributed by atoms with van der Waals surface area (Å²) in [4.78, 5) is 24.4. The lowest BCUT2D eigenvalue weighted by atomic mass is 10.2. The molecule has 2 aromatic heterocycles. The Morgan fingerprint density at radius 2 is 2.04 bits per heavy atom. The maximum atomic E-state index is 13.7. The van der Waals surface area contributed by atoms with E-state index >= 15 is 0 Å². The van der Waals surface area contributed by atoms with E-state index in [2.05, 4.69) is 0 Å². The number of benzene rings is 2. The number of aromatic nitrogens is 1. The Labute approximate surface area is 151 Å². The van der Waals surface area contributed by atoms with E-state index in [0.29, 0.717) is 39.0 Å². The lowest BCUT2D eigenvalue weighted by molar-refractivity contribution is 0.0501. The number of thiophene rings is 1. The number of oxazole rings is 1. The van der Waals surface area contributed by atoms with Crippen molar-refractivity contribution in [2.75, 3.05) is 6.61 Å². The monoisotopic (exact) mass is 371 g/mol. The minimum Gasteiger partial charge on any atom is -0.461 e. The van der Waals surface area contributed by atoms with Crippen molar-refractivity contribution in [3.63, 3.8) is 0 Å². The number of para-hydroxylation sites is 2. The Hall–Kier alpha value is -2.93. The SMILES string of the molecule is O=C(OCCCn1c(=O)oc2ccccc21)c1cc2c(F)cccc2s1. The Morgan fingerprint density at radius 3 is 2.88 bits per heavy atom.